The predicted octanol–water partition coefficient (Wildman–Crippen LogP) is 2.20. The zero-order chi connectivity index (χ0) is 18.0. The molecule has 2 aromatic rings. The smallest absolute Gasteiger partial charge is 0.329 e. The van der Waals surface area contributed by atoms with E-state index in [2.05, 4.69) is 10.4 Å². The molecule has 0 atom stereocenters. The van der Waals surface area contributed by atoms with Gasteiger partial charge in [0, 0.05) is 36.8 Å². The maximum atomic E-state index is 12.6. The van der Waals surface area contributed by atoms with Gasteiger partial charge in [-0.25, -0.2) is 9.48 Å². The second-order valence-corrected chi connectivity index (χ2v) is 6.45. The lowest BCUT2D eigenvalue weighted by Gasteiger charge is -2.33. The van der Waals surface area contributed by atoms with E-state index in [9.17, 15) is 14.7 Å². The molecule has 132 valence electrons. The standard InChI is InChI=1S/C17H18ClN3O4/c1-11-9-14(20-21(11)13-4-2-3-12(18)10-13)15(22)19-17(16(23)24)5-7-25-8-6-17/h2-4,9-10H,5-8H2,1H3,(H,19,22)(H,23,24). The summed E-state index contributed by atoms with van der Waals surface area (Å²) in [5, 5.41) is 17.0. The van der Waals surface area contributed by atoms with Gasteiger partial charge in [-0.2, -0.15) is 5.10 Å². The Balaban J connectivity index is 1.86. The number of carbonyl (C=O) groups is 2. The average molecular weight is 364 g/mol. The van der Waals surface area contributed by atoms with E-state index in [0.29, 0.717) is 18.2 Å². The van der Waals surface area contributed by atoms with Gasteiger partial charge in [0.15, 0.2) is 5.69 Å². The highest BCUT2D eigenvalue weighted by Gasteiger charge is 2.42. The quantitative estimate of drug-likeness (QED) is 0.868. The summed E-state index contributed by atoms with van der Waals surface area (Å²) in [6, 6.07) is 8.72. The lowest BCUT2D eigenvalue weighted by molar-refractivity contribution is -0.148. The topological polar surface area (TPSA) is 93.5 Å². The number of ether oxygens (including phenoxy) is 1. The summed E-state index contributed by atoms with van der Waals surface area (Å²) < 4.78 is 6.80. The van der Waals surface area contributed by atoms with Crippen LogP contribution in [-0.2, 0) is 9.53 Å². The molecule has 1 fully saturated rings. The van der Waals surface area contributed by atoms with Crippen LogP contribution < -0.4 is 5.32 Å². The van der Waals surface area contributed by atoms with E-state index in [4.69, 9.17) is 16.3 Å². The van der Waals surface area contributed by atoms with Crippen LogP contribution in [0.25, 0.3) is 5.69 Å². The Morgan fingerprint density at radius 3 is 2.68 bits per heavy atom. The minimum Gasteiger partial charge on any atom is -0.480 e. The van der Waals surface area contributed by atoms with Gasteiger partial charge in [0.25, 0.3) is 5.91 Å². The van der Waals surface area contributed by atoms with Gasteiger partial charge in [0.1, 0.15) is 5.54 Å². The molecular formula is C17H18ClN3O4. The Hall–Kier alpha value is -2.38. The highest BCUT2D eigenvalue weighted by Crippen LogP contribution is 2.22. The van der Waals surface area contributed by atoms with E-state index in [1.165, 1.54) is 0 Å². The van der Waals surface area contributed by atoms with Crippen molar-refractivity contribution in [2.45, 2.75) is 25.3 Å². The number of nitrogens with zero attached hydrogens (tertiary/aromatic N) is 2. The molecule has 1 aliphatic heterocycles. The number of aryl methyl sites for hydroxylation is 1. The number of amides is 1. The van der Waals surface area contributed by atoms with Crippen molar-refractivity contribution in [1.29, 1.82) is 0 Å². The highest BCUT2D eigenvalue weighted by atomic mass is 35.5. The van der Waals surface area contributed by atoms with E-state index in [1.807, 2.05) is 13.0 Å². The third-order valence-electron chi connectivity index (χ3n) is 4.28. The number of carboxylic acids is 1. The van der Waals surface area contributed by atoms with Crippen LogP contribution in [0.15, 0.2) is 30.3 Å². The van der Waals surface area contributed by atoms with Gasteiger partial charge in [-0.1, -0.05) is 17.7 Å². The normalized spacial score (nSPS) is 16.4. The molecule has 2 N–H and O–H groups in total. The van der Waals surface area contributed by atoms with E-state index < -0.39 is 17.4 Å². The Bertz CT molecular complexity index is 812. The van der Waals surface area contributed by atoms with E-state index >= 15 is 0 Å². The van der Waals surface area contributed by atoms with Crippen molar-refractivity contribution in [2.24, 2.45) is 0 Å². The molecule has 0 unspecified atom stereocenters. The molecule has 0 aliphatic carbocycles. The number of nitrogens with one attached hydrogen (secondary N) is 1. The Morgan fingerprint density at radius 2 is 2.04 bits per heavy atom. The maximum Gasteiger partial charge on any atom is 0.329 e. The molecule has 0 radical (unpaired) electrons. The zero-order valence-electron chi connectivity index (χ0n) is 13.7. The van der Waals surface area contributed by atoms with Gasteiger partial charge >= 0.3 is 5.97 Å². The van der Waals surface area contributed by atoms with Crippen molar-refractivity contribution < 1.29 is 19.4 Å². The SMILES string of the molecule is Cc1cc(C(=O)NC2(C(=O)O)CCOCC2)nn1-c1cccc(Cl)c1. The first-order chi connectivity index (χ1) is 11.9. The van der Waals surface area contributed by atoms with Crippen molar-refractivity contribution in [3.63, 3.8) is 0 Å². The number of carbonyl (C=O) groups excluding carboxylic acids is 1. The van der Waals surface area contributed by atoms with Gasteiger partial charge in [0.05, 0.1) is 5.69 Å². The fourth-order valence-electron chi connectivity index (χ4n) is 2.85. The van der Waals surface area contributed by atoms with Crippen LogP contribution in [0.4, 0.5) is 0 Å². The molecule has 1 aromatic heterocycles. The van der Waals surface area contributed by atoms with Crippen molar-refractivity contribution in [1.82, 2.24) is 15.1 Å². The number of hydrogen-bond donors (Lipinski definition) is 2. The molecule has 1 saturated heterocycles. The predicted molar refractivity (Wildman–Crippen MR) is 91.2 cm³/mol. The fraction of sp³-hybridized carbons (Fsp3) is 0.353. The number of aliphatic carboxylic acids is 1. The van der Waals surface area contributed by atoms with Gasteiger partial charge in [-0.05, 0) is 31.2 Å². The molecule has 1 aromatic carbocycles. The molecule has 3 rings (SSSR count). The van der Waals surface area contributed by atoms with Crippen molar-refractivity contribution in [3.8, 4) is 5.69 Å². The van der Waals surface area contributed by atoms with Crippen LogP contribution in [0.5, 0.6) is 0 Å². The fourth-order valence-corrected chi connectivity index (χ4v) is 3.03. The number of halogens is 1. The number of aromatic nitrogens is 2. The number of benzene rings is 1. The van der Waals surface area contributed by atoms with Gasteiger partial charge in [0.2, 0.25) is 0 Å². The first-order valence-electron chi connectivity index (χ1n) is 7.87. The zero-order valence-corrected chi connectivity index (χ0v) is 14.4. The van der Waals surface area contributed by atoms with Crippen molar-refractivity contribution >= 4 is 23.5 Å². The highest BCUT2D eigenvalue weighted by molar-refractivity contribution is 6.30. The van der Waals surface area contributed by atoms with E-state index in [0.717, 1.165) is 11.4 Å². The second-order valence-electron chi connectivity index (χ2n) is 6.02. The Labute approximate surface area is 149 Å². The first-order valence-corrected chi connectivity index (χ1v) is 8.25. The van der Waals surface area contributed by atoms with Crippen LogP contribution in [0, 0.1) is 6.92 Å². The number of hydrogen-bond acceptors (Lipinski definition) is 4. The third-order valence-corrected chi connectivity index (χ3v) is 4.52. The minimum absolute atomic E-state index is 0.157. The summed E-state index contributed by atoms with van der Waals surface area (Å²) in [4.78, 5) is 24.2. The first kappa shape index (κ1) is 17.4. The summed E-state index contributed by atoms with van der Waals surface area (Å²) in [5.74, 6) is -1.58. The number of rotatable bonds is 4. The summed E-state index contributed by atoms with van der Waals surface area (Å²) >= 11 is 6.00. The summed E-state index contributed by atoms with van der Waals surface area (Å²) in [7, 11) is 0. The average Bonchev–Trinajstić information content (AvgIpc) is 2.97. The van der Waals surface area contributed by atoms with Crippen molar-refractivity contribution in [3.05, 3.63) is 46.7 Å². The summed E-state index contributed by atoms with van der Waals surface area (Å²) in [6.45, 7) is 2.40. The largest absolute Gasteiger partial charge is 0.480 e. The molecule has 25 heavy (non-hydrogen) atoms. The van der Waals surface area contributed by atoms with Crippen LogP contribution in [0.2, 0.25) is 5.02 Å². The maximum absolute atomic E-state index is 12.6. The van der Waals surface area contributed by atoms with Crippen molar-refractivity contribution in [2.75, 3.05) is 13.2 Å². The van der Waals surface area contributed by atoms with Crippen LogP contribution >= 0.6 is 11.6 Å². The van der Waals surface area contributed by atoms with Gasteiger partial charge in [-0.15, -0.1) is 0 Å². The summed E-state index contributed by atoms with van der Waals surface area (Å²) in [5.41, 5.74) is 0.305. The molecule has 0 spiro atoms. The summed E-state index contributed by atoms with van der Waals surface area (Å²) in [6.07, 6.45) is 0.449. The molecule has 8 heteroatoms. The van der Waals surface area contributed by atoms with Gasteiger partial charge < -0.3 is 15.2 Å². The lowest BCUT2D eigenvalue weighted by atomic mass is 9.90. The third kappa shape index (κ3) is 3.52. The second kappa shape index (κ2) is 6.85. The monoisotopic (exact) mass is 363 g/mol. The van der Waals surface area contributed by atoms with Gasteiger partial charge in [-0.3, -0.25) is 4.79 Å². The molecule has 1 aliphatic rings. The Morgan fingerprint density at radius 1 is 1.32 bits per heavy atom. The van der Waals surface area contributed by atoms with Crippen LogP contribution in [0.3, 0.4) is 0 Å². The van der Waals surface area contributed by atoms with Crippen LogP contribution in [0.1, 0.15) is 29.0 Å². The van der Waals surface area contributed by atoms with Crippen LogP contribution in [-0.4, -0.2) is 45.5 Å². The lowest BCUT2D eigenvalue weighted by Crippen LogP contribution is -2.57. The molecule has 0 saturated carbocycles. The van der Waals surface area contributed by atoms with E-state index in [-0.39, 0.29) is 18.5 Å². The molecule has 2 heterocycles. The minimum atomic E-state index is -1.32. The molecule has 0 bridgehead atoms. The molecular weight excluding hydrogens is 346 g/mol. The molecule has 1 amide bonds. The number of carboxylic acid groups (broad SMARTS) is 1. The van der Waals surface area contributed by atoms with E-state index in [1.54, 1.807) is 28.9 Å². The molecule has 7 nitrogen and oxygen atoms in total. The Kier molecular flexibility index (Phi) is 4.78.